The molecule has 0 radical (unpaired) electrons. The van der Waals surface area contributed by atoms with Gasteiger partial charge in [0.25, 0.3) is 0 Å². The molecule has 2 rings (SSSR count). The van der Waals surface area contributed by atoms with Crippen molar-refractivity contribution in [2.24, 2.45) is 5.92 Å². The van der Waals surface area contributed by atoms with Crippen molar-refractivity contribution in [2.75, 3.05) is 14.2 Å². The molecular formula is C16H31NO. The summed E-state index contributed by atoms with van der Waals surface area (Å²) in [7, 11) is 4.09. The Balaban J connectivity index is 2.10. The summed E-state index contributed by atoms with van der Waals surface area (Å²) in [5.74, 6) is 0.835. The molecule has 0 aromatic heterocycles. The van der Waals surface area contributed by atoms with Crippen molar-refractivity contribution in [1.29, 1.82) is 0 Å². The first-order valence-corrected chi connectivity index (χ1v) is 8.05. The van der Waals surface area contributed by atoms with Crippen LogP contribution in [-0.4, -0.2) is 25.8 Å². The van der Waals surface area contributed by atoms with Crippen molar-refractivity contribution in [3.05, 3.63) is 0 Å². The van der Waals surface area contributed by atoms with Crippen LogP contribution in [0, 0.1) is 5.92 Å². The van der Waals surface area contributed by atoms with Gasteiger partial charge in [-0.15, -0.1) is 0 Å². The summed E-state index contributed by atoms with van der Waals surface area (Å²) in [4.78, 5) is 0. The maximum atomic E-state index is 6.10. The van der Waals surface area contributed by atoms with Crippen LogP contribution in [0.15, 0.2) is 0 Å². The van der Waals surface area contributed by atoms with E-state index in [0.717, 1.165) is 5.92 Å². The zero-order chi connectivity index (χ0) is 12.8. The van der Waals surface area contributed by atoms with E-state index in [1.54, 1.807) is 0 Å². The van der Waals surface area contributed by atoms with E-state index in [1.807, 2.05) is 7.11 Å². The van der Waals surface area contributed by atoms with Crippen LogP contribution < -0.4 is 5.32 Å². The monoisotopic (exact) mass is 253 g/mol. The summed E-state index contributed by atoms with van der Waals surface area (Å²) in [5, 5.41) is 3.64. The van der Waals surface area contributed by atoms with Crippen LogP contribution in [-0.2, 0) is 4.74 Å². The fourth-order valence-electron chi connectivity index (χ4n) is 4.36. The lowest BCUT2D eigenvalue weighted by Crippen LogP contribution is -2.55. The Labute approximate surface area is 113 Å². The molecule has 0 aromatic rings. The molecule has 106 valence electrons. The molecule has 2 saturated carbocycles. The highest BCUT2D eigenvalue weighted by Gasteiger charge is 2.42. The average Bonchev–Trinajstić information content (AvgIpc) is 2.67. The third-order valence-corrected chi connectivity index (χ3v) is 5.36. The number of methoxy groups -OCH3 is 1. The van der Waals surface area contributed by atoms with Crippen molar-refractivity contribution in [1.82, 2.24) is 5.32 Å². The number of nitrogens with one attached hydrogen (secondary N) is 1. The van der Waals surface area contributed by atoms with Gasteiger partial charge in [0.05, 0.1) is 5.60 Å². The highest BCUT2D eigenvalue weighted by molar-refractivity contribution is 4.98. The molecule has 1 unspecified atom stereocenters. The Kier molecular flexibility index (Phi) is 5.50. The molecule has 0 spiro atoms. The van der Waals surface area contributed by atoms with Gasteiger partial charge in [0, 0.05) is 13.2 Å². The molecule has 1 N–H and O–H groups in total. The van der Waals surface area contributed by atoms with E-state index in [4.69, 9.17) is 4.74 Å². The molecule has 2 fully saturated rings. The molecule has 0 aromatic carbocycles. The molecule has 2 aliphatic rings. The summed E-state index contributed by atoms with van der Waals surface area (Å²) < 4.78 is 6.10. The smallest absolute Gasteiger partial charge is 0.0833 e. The van der Waals surface area contributed by atoms with Gasteiger partial charge in [-0.2, -0.15) is 0 Å². The predicted octanol–water partition coefficient (Wildman–Crippen LogP) is 3.89. The van der Waals surface area contributed by atoms with Crippen LogP contribution in [0.2, 0.25) is 0 Å². The molecule has 0 amide bonds. The maximum Gasteiger partial charge on any atom is 0.0833 e. The molecule has 2 nitrogen and oxygen atoms in total. The molecule has 0 aliphatic heterocycles. The fourth-order valence-corrected chi connectivity index (χ4v) is 4.36. The van der Waals surface area contributed by atoms with E-state index in [0.29, 0.717) is 6.04 Å². The number of hydrogen-bond acceptors (Lipinski definition) is 2. The highest BCUT2D eigenvalue weighted by Crippen LogP contribution is 2.39. The molecule has 2 heteroatoms. The topological polar surface area (TPSA) is 21.3 Å². The fraction of sp³-hybridized carbons (Fsp3) is 1.00. The normalized spacial score (nSPS) is 27.7. The van der Waals surface area contributed by atoms with Crippen molar-refractivity contribution in [2.45, 2.75) is 82.3 Å². The number of ether oxygens (including phenoxy) is 1. The molecular weight excluding hydrogens is 222 g/mol. The van der Waals surface area contributed by atoms with Crippen molar-refractivity contribution < 1.29 is 4.74 Å². The zero-order valence-corrected chi connectivity index (χ0v) is 12.3. The lowest BCUT2D eigenvalue weighted by Gasteiger charge is -2.44. The maximum absolute atomic E-state index is 6.10. The van der Waals surface area contributed by atoms with Gasteiger partial charge in [0.2, 0.25) is 0 Å². The largest absolute Gasteiger partial charge is 0.377 e. The van der Waals surface area contributed by atoms with Crippen molar-refractivity contribution in [3.8, 4) is 0 Å². The highest BCUT2D eigenvalue weighted by atomic mass is 16.5. The minimum absolute atomic E-state index is 0.118. The van der Waals surface area contributed by atoms with Gasteiger partial charge < -0.3 is 10.1 Å². The van der Waals surface area contributed by atoms with Gasteiger partial charge in [-0.25, -0.2) is 0 Å². The molecule has 1 atom stereocenters. The van der Waals surface area contributed by atoms with Crippen molar-refractivity contribution in [3.63, 3.8) is 0 Å². The van der Waals surface area contributed by atoms with Gasteiger partial charge in [-0.1, -0.05) is 44.9 Å². The first kappa shape index (κ1) is 14.3. The quantitative estimate of drug-likeness (QED) is 0.767. The van der Waals surface area contributed by atoms with Gasteiger partial charge >= 0.3 is 0 Å². The van der Waals surface area contributed by atoms with Crippen LogP contribution >= 0.6 is 0 Å². The minimum Gasteiger partial charge on any atom is -0.377 e. The number of hydrogen-bond donors (Lipinski definition) is 1. The molecule has 0 heterocycles. The summed E-state index contributed by atoms with van der Waals surface area (Å²) in [6.07, 6.45) is 15.1. The molecule has 0 saturated heterocycles. The van der Waals surface area contributed by atoms with E-state index in [9.17, 15) is 0 Å². The van der Waals surface area contributed by atoms with E-state index >= 15 is 0 Å². The standard InChI is InChI=1S/C16H31NO/c1-17-15(14-10-6-5-7-11-14)16(18-2)12-8-3-4-9-13-16/h14-15,17H,3-13H2,1-2H3. The number of rotatable bonds is 4. The predicted molar refractivity (Wildman–Crippen MR) is 76.9 cm³/mol. The second-order valence-electron chi connectivity index (χ2n) is 6.35. The molecule has 18 heavy (non-hydrogen) atoms. The van der Waals surface area contributed by atoms with E-state index in [1.165, 1.54) is 70.6 Å². The minimum atomic E-state index is 0.118. The van der Waals surface area contributed by atoms with Gasteiger partial charge in [0.1, 0.15) is 0 Å². The van der Waals surface area contributed by atoms with E-state index < -0.39 is 0 Å². The second-order valence-corrected chi connectivity index (χ2v) is 6.35. The number of likely N-dealkylation sites (N-methyl/N-ethyl adjacent to an activating group) is 1. The van der Waals surface area contributed by atoms with Gasteiger partial charge in [-0.05, 0) is 38.6 Å². The summed E-state index contributed by atoms with van der Waals surface area (Å²) in [6, 6.07) is 0.570. The Morgan fingerprint density at radius 3 is 2.00 bits per heavy atom. The van der Waals surface area contributed by atoms with Crippen LogP contribution in [0.3, 0.4) is 0 Å². The van der Waals surface area contributed by atoms with Crippen molar-refractivity contribution >= 4 is 0 Å². The van der Waals surface area contributed by atoms with Gasteiger partial charge in [0.15, 0.2) is 0 Å². The Hall–Kier alpha value is -0.0800. The van der Waals surface area contributed by atoms with Crippen LogP contribution in [0.4, 0.5) is 0 Å². The lowest BCUT2D eigenvalue weighted by molar-refractivity contribution is -0.0700. The van der Waals surface area contributed by atoms with E-state index in [-0.39, 0.29) is 5.60 Å². The third kappa shape index (κ3) is 3.08. The SMILES string of the molecule is CNC(C1CCCCC1)C1(OC)CCCCCC1. The summed E-state index contributed by atoms with van der Waals surface area (Å²) >= 11 is 0. The third-order valence-electron chi connectivity index (χ3n) is 5.36. The Bertz CT molecular complexity index is 227. The van der Waals surface area contributed by atoms with Crippen LogP contribution in [0.25, 0.3) is 0 Å². The second kappa shape index (κ2) is 6.91. The average molecular weight is 253 g/mol. The lowest BCUT2D eigenvalue weighted by atomic mass is 9.73. The van der Waals surface area contributed by atoms with E-state index in [2.05, 4.69) is 12.4 Å². The summed E-state index contributed by atoms with van der Waals surface area (Å²) in [5.41, 5.74) is 0.118. The first-order valence-electron chi connectivity index (χ1n) is 8.05. The molecule has 0 bridgehead atoms. The van der Waals surface area contributed by atoms with Crippen LogP contribution in [0.5, 0.6) is 0 Å². The summed E-state index contributed by atoms with van der Waals surface area (Å²) in [6.45, 7) is 0. The van der Waals surface area contributed by atoms with Gasteiger partial charge in [-0.3, -0.25) is 0 Å². The first-order chi connectivity index (χ1) is 8.82. The van der Waals surface area contributed by atoms with Crippen LogP contribution in [0.1, 0.15) is 70.6 Å². The zero-order valence-electron chi connectivity index (χ0n) is 12.3. The Morgan fingerprint density at radius 2 is 1.50 bits per heavy atom. The molecule has 2 aliphatic carbocycles. The Morgan fingerprint density at radius 1 is 0.944 bits per heavy atom.